The van der Waals surface area contributed by atoms with Crippen molar-refractivity contribution in [1.82, 2.24) is 0 Å². The van der Waals surface area contributed by atoms with E-state index in [4.69, 9.17) is 0 Å². The molecule has 0 aliphatic rings. The third kappa shape index (κ3) is 3.92. The Morgan fingerprint density at radius 2 is 1.87 bits per heavy atom. The summed E-state index contributed by atoms with van der Waals surface area (Å²) in [5.41, 5.74) is 2.13. The zero-order valence-electron chi connectivity index (χ0n) is 10.0. The first kappa shape index (κ1) is 12.0. The molecule has 0 amide bonds. The zero-order valence-corrected chi connectivity index (χ0v) is 11.0. The highest BCUT2D eigenvalue weighted by atomic mass is 28.3. The van der Waals surface area contributed by atoms with E-state index < -0.39 is 8.07 Å². The minimum Gasteiger partial charge on any atom is -0.507 e. The second-order valence-electron chi connectivity index (χ2n) is 5.17. The van der Waals surface area contributed by atoms with Gasteiger partial charge >= 0.3 is 0 Å². The lowest BCUT2D eigenvalue weighted by molar-refractivity contribution is 0.473. The van der Waals surface area contributed by atoms with Gasteiger partial charge in [-0.2, -0.15) is 0 Å². The van der Waals surface area contributed by atoms with Gasteiger partial charge in [-0.3, -0.25) is 0 Å². The summed E-state index contributed by atoms with van der Waals surface area (Å²) in [5, 5.41) is 9.68. The first-order chi connectivity index (χ1) is 6.90. The summed E-state index contributed by atoms with van der Waals surface area (Å²) >= 11 is 0. The van der Waals surface area contributed by atoms with Crippen molar-refractivity contribution in [2.45, 2.75) is 32.6 Å². The molecule has 1 rings (SSSR count). The fourth-order valence-corrected chi connectivity index (χ4v) is 2.29. The van der Waals surface area contributed by atoms with Crippen molar-refractivity contribution >= 4 is 13.6 Å². The SMILES string of the molecule is C/C(=C/C[Si](C)(C)C)c1ccccc1O. The second kappa shape index (κ2) is 4.66. The van der Waals surface area contributed by atoms with Gasteiger partial charge < -0.3 is 5.11 Å². The van der Waals surface area contributed by atoms with Gasteiger partial charge in [-0.25, -0.2) is 0 Å². The molecular formula is C13H20OSi. The van der Waals surface area contributed by atoms with Gasteiger partial charge in [0, 0.05) is 13.6 Å². The molecule has 1 aromatic carbocycles. The molecule has 0 saturated carbocycles. The van der Waals surface area contributed by atoms with E-state index in [0.29, 0.717) is 5.75 Å². The lowest BCUT2D eigenvalue weighted by Crippen LogP contribution is -2.17. The Hall–Kier alpha value is -1.02. The average Bonchev–Trinajstić information content (AvgIpc) is 2.14. The number of hydrogen-bond acceptors (Lipinski definition) is 1. The highest BCUT2D eigenvalue weighted by Crippen LogP contribution is 2.25. The third-order valence-corrected chi connectivity index (χ3v) is 3.78. The van der Waals surface area contributed by atoms with Gasteiger partial charge in [0.15, 0.2) is 0 Å². The van der Waals surface area contributed by atoms with E-state index >= 15 is 0 Å². The molecular weight excluding hydrogens is 200 g/mol. The number of rotatable bonds is 3. The molecule has 1 nitrogen and oxygen atoms in total. The molecule has 0 bridgehead atoms. The average molecular weight is 220 g/mol. The van der Waals surface area contributed by atoms with E-state index in [1.807, 2.05) is 18.2 Å². The first-order valence-electron chi connectivity index (χ1n) is 5.35. The number of para-hydroxylation sites is 1. The smallest absolute Gasteiger partial charge is 0.123 e. The van der Waals surface area contributed by atoms with Crippen LogP contribution in [0.5, 0.6) is 5.75 Å². The molecule has 1 aromatic rings. The quantitative estimate of drug-likeness (QED) is 0.759. The number of hydrogen-bond donors (Lipinski definition) is 1. The molecule has 2 heteroatoms. The fourth-order valence-electron chi connectivity index (χ4n) is 1.38. The Kier molecular flexibility index (Phi) is 3.75. The van der Waals surface area contributed by atoms with Crippen LogP contribution in [0.25, 0.3) is 5.57 Å². The molecule has 0 unspecified atom stereocenters. The summed E-state index contributed by atoms with van der Waals surface area (Å²) < 4.78 is 0. The van der Waals surface area contributed by atoms with E-state index in [9.17, 15) is 5.11 Å². The molecule has 0 fully saturated rings. The standard InChI is InChI=1S/C13H20OSi/c1-11(9-10-15(2,3)4)12-7-5-6-8-13(12)14/h5-9,14H,10H2,1-4H3/b11-9-. The van der Waals surface area contributed by atoms with Crippen LogP contribution in [0.1, 0.15) is 12.5 Å². The van der Waals surface area contributed by atoms with E-state index in [2.05, 4.69) is 32.6 Å². The van der Waals surface area contributed by atoms with E-state index in [0.717, 1.165) is 11.6 Å². The molecule has 15 heavy (non-hydrogen) atoms. The van der Waals surface area contributed by atoms with Gasteiger partial charge in [0.1, 0.15) is 5.75 Å². The maximum absolute atomic E-state index is 9.68. The lowest BCUT2D eigenvalue weighted by atomic mass is 10.1. The molecule has 0 spiro atoms. The Morgan fingerprint density at radius 1 is 1.27 bits per heavy atom. The summed E-state index contributed by atoms with van der Waals surface area (Å²) in [6.07, 6.45) is 2.25. The zero-order chi connectivity index (χ0) is 11.5. The summed E-state index contributed by atoms with van der Waals surface area (Å²) in [4.78, 5) is 0. The summed E-state index contributed by atoms with van der Waals surface area (Å²) in [6.45, 7) is 9.11. The van der Waals surface area contributed by atoms with Gasteiger partial charge in [0.2, 0.25) is 0 Å². The van der Waals surface area contributed by atoms with Crippen LogP contribution in [0.4, 0.5) is 0 Å². The predicted octanol–water partition coefficient (Wildman–Crippen LogP) is 4.13. The molecule has 0 saturated heterocycles. The molecule has 0 atom stereocenters. The first-order valence-corrected chi connectivity index (χ1v) is 9.06. The minimum atomic E-state index is -1.03. The van der Waals surface area contributed by atoms with Crippen LogP contribution < -0.4 is 0 Å². The Balaban J connectivity index is 2.85. The number of aromatic hydroxyl groups is 1. The van der Waals surface area contributed by atoms with Gasteiger partial charge in [0.05, 0.1) is 0 Å². The normalized spacial score (nSPS) is 12.9. The monoisotopic (exact) mass is 220 g/mol. The van der Waals surface area contributed by atoms with Gasteiger partial charge in [-0.05, 0) is 24.6 Å². The fraction of sp³-hybridized carbons (Fsp3) is 0.385. The molecule has 0 heterocycles. The molecule has 0 radical (unpaired) electrons. The van der Waals surface area contributed by atoms with Crippen LogP contribution in [0, 0.1) is 0 Å². The molecule has 82 valence electrons. The number of phenols is 1. The van der Waals surface area contributed by atoms with E-state index in [1.165, 1.54) is 5.57 Å². The highest BCUT2D eigenvalue weighted by Gasteiger charge is 2.11. The van der Waals surface area contributed by atoms with Crippen molar-refractivity contribution in [1.29, 1.82) is 0 Å². The van der Waals surface area contributed by atoms with Crippen molar-refractivity contribution in [3.8, 4) is 5.75 Å². The maximum atomic E-state index is 9.68. The Labute approximate surface area is 93.5 Å². The van der Waals surface area contributed by atoms with Gasteiger partial charge in [-0.15, -0.1) is 0 Å². The molecule has 1 N–H and O–H groups in total. The maximum Gasteiger partial charge on any atom is 0.123 e. The van der Waals surface area contributed by atoms with Crippen LogP contribution in [0.3, 0.4) is 0 Å². The summed E-state index contributed by atoms with van der Waals surface area (Å²) in [6, 6.07) is 8.67. The van der Waals surface area contributed by atoms with Crippen molar-refractivity contribution in [3.63, 3.8) is 0 Å². The van der Waals surface area contributed by atoms with Crippen LogP contribution in [-0.2, 0) is 0 Å². The molecule has 0 aromatic heterocycles. The van der Waals surface area contributed by atoms with Crippen LogP contribution in [0.2, 0.25) is 25.7 Å². The number of allylic oxidation sites excluding steroid dienone is 2. The third-order valence-electron chi connectivity index (χ3n) is 2.35. The summed E-state index contributed by atoms with van der Waals surface area (Å²) in [7, 11) is -1.03. The van der Waals surface area contributed by atoms with Crippen molar-refractivity contribution in [2.75, 3.05) is 0 Å². The van der Waals surface area contributed by atoms with Gasteiger partial charge in [0.25, 0.3) is 0 Å². The van der Waals surface area contributed by atoms with Crippen LogP contribution in [0.15, 0.2) is 30.3 Å². The lowest BCUT2D eigenvalue weighted by Gasteiger charge is -2.13. The number of phenolic OH excluding ortho intramolecular Hbond substituents is 1. The number of benzene rings is 1. The predicted molar refractivity (Wildman–Crippen MR) is 69.9 cm³/mol. The topological polar surface area (TPSA) is 20.2 Å². The second-order valence-corrected chi connectivity index (χ2v) is 10.7. The van der Waals surface area contributed by atoms with Crippen LogP contribution in [-0.4, -0.2) is 13.2 Å². The van der Waals surface area contributed by atoms with Gasteiger partial charge in [-0.1, -0.05) is 43.9 Å². The minimum absolute atomic E-state index is 0.377. The highest BCUT2D eigenvalue weighted by molar-refractivity contribution is 6.76. The summed E-state index contributed by atoms with van der Waals surface area (Å²) in [5.74, 6) is 0.377. The van der Waals surface area contributed by atoms with Crippen LogP contribution >= 0.6 is 0 Å². The van der Waals surface area contributed by atoms with Crippen molar-refractivity contribution < 1.29 is 5.11 Å². The molecule has 0 aliphatic carbocycles. The largest absolute Gasteiger partial charge is 0.507 e. The Morgan fingerprint density at radius 3 is 2.40 bits per heavy atom. The van der Waals surface area contributed by atoms with E-state index in [-0.39, 0.29) is 0 Å². The van der Waals surface area contributed by atoms with Crippen molar-refractivity contribution in [3.05, 3.63) is 35.9 Å². The molecule has 0 aliphatic heterocycles. The Bertz CT molecular complexity index is 361. The van der Waals surface area contributed by atoms with Crippen molar-refractivity contribution in [2.24, 2.45) is 0 Å². The van der Waals surface area contributed by atoms with E-state index in [1.54, 1.807) is 6.07 Å².